The van der Waals surface area contributed by atoms with Crippen LogP contribution in [0.15, 0.2) is 18.5 Å². The van der Waals surface area contributed by atoms with E-state index in [1.807, 2.05) is 0 Å². The SMILES string of the molecule is CC(C)(C)ON(C=O)CCS(=O)(=O)Cc1cnccc1Cl. The van der Waals surface area contributed by atoms with Gasteiger partial charge in [-0.2, -0.15) is 0 Å². The fourth-order valence-corrected chi connectivity index (χ4v) is 3.08. The van der Waals surface area contributed by atoms with Gasteiger partial charge in [-0.05, 0) is 26.8 Å². The largest absolute Gasteiger partial charge is 0.276 e. The maximum atomic E-state index is 12.1. The first-order valence-corrected chi connectivity index (χ1v) is 8.53. The number of hydrogen-bond donors (Lipinski definition) is 0. The van der Waals surface area contributed by atoms with Crippen LogP contribution in [0, 0.1) is 0 Å². The van der Waals surface area contributed by atoms with Crippen LogP contribution in [0.2, 0.25) is 5.02 Å². The zero-order valence-corrected chi connectivity index (χ0v) is 13.8. The van der Waals surface area contributed by atoms with Gasteiger partial charge in [-0.1, -0.05) is 11.6 Å². The van der Waals surface area contributed by atoms with Crippen molar-refractivity contribution >= 4 is 27.8 Å². The topological polar surface area (TPSA) is 76.6 Å². The molecule has 1 aromatic rings. The van der Waals surface area contributed by atoms with Gasteiger partial charge in [0.2, 0.25) is 6.41 Å². The average Bonchev–Trinajstić information content (AvgIpc) is 2.36. The molecule has 118 valence electrons. The van der Waals surface area contributed by atoms with Crippen LogP contribution in [0.5, 0.6) is 0 Å². The van der Waals surface area contributed by atoms with E-state index in [4.69, 9.17) is 16.4 Å². The van der Waals surface area contributed by atoms with Crippen LogP contribution in [0.1, 0.15) is 26.3 Å². The van der Waals surface area contributed by atoms with Gasteiger partial charge >= 0.3 is 0 Å². The minimum Gasteiger partial charge on any atom is -0.276 e. The van der Waals surface area contributed by atoms with Crippen LogP contribution in [0.25, 0.3) is 0 Å². The summed E-state index contributed by atoms with van der Waals surface area (Å²) >= 11 is 5.91. The maximum absolute atomic E-state index is 12.1. The molecule has 21 heavy (non-hydrogen) atoms. The maximum Gasteiger partial charge on any atom is 0.233 e. The molecule has 8 heteroatoms. The Hall–Kier alpha value is -1.18. The third-order valence-electron chi connectivity index (χ3n) is 2.35. The molecule has 0 aliphatic rings. The van der Waals surface area contributed by atoms with Crippen molar-refractivity contribution < 1.29 is 18.0 Å². The van der Waals surface area contributed by atoms with Crippen LogP contribution < -0.4 is 0 Å². The van der Waals surface area contributed by atoms with Gasteiger partial charge in [0, 0.05) is 23.0 Å². The van der Waals surface area contributed by atoms with Crippen LogP contribution in [-0.4, -0.2) is 42.8 Å². The quantitative estimate of drug-likeness (QED) is 0.561. The first-order valence-electron chi connectivity index (χ1n) is 6.33. The van der Waals surface area contributed by atoms with Crippen LogP contribution >= 0.6 is 11.6 Å². The molecule has 0 saturated carbocycles. The average molecular weight is 335 g/mol. The van der Waals surface area contributed by atoms with Gasteiger partial charge in [0.25, 0.3) is 0 Å². The van der Waals surface area contributed by atoms with E-state index in [9.17, 15) is 13.2 Å². The molecule has 0 bridgehead atoms. The highest BCUT2D eigenvalue weighted by Gasteiger charge is 2.20. The Morgan fingerprint density at radius 2 is 2.10 bits per heavy atom. The molecule has 0 N–H and O–H groups in total. The summed E-state index contributed by atoms with van der Waals surface area (Å²) in [4.78, 5) is 20.1. The van der Waals surface area contributed by atoms with Crippen molar-refractivity contribution in [2.45, 2.75) is 32.1 Å². The first-order chi connectivity index (χ1) is 9.63. The molecule has 0 spiro atoms. The van der Waals surface area contributed by atoms with Crippen molar-refractivity contribution in [3.63, 3.8) is 0 Å². The number of aromatic nitrogens is 1. The summed E-state index contributed by atoms with van der Waals surface area (Å²) in [7, 11) is -3.42. The van der Waals surface area contributed by atoms with Crippen LogP contribution in [-0.2, 0) is 25.2 Å². The lowest BCUT2D eigenvalue weighted by atomic mass is 10.2. The molecule has 6 nitrogen and oxygen atoms in total. The number of amides is 1. The minimum absolute atomic E-state index is 0.0407. The molecule has 0 radical (unpaired) electrons. The highest BCUT2D eigenvalue weighted by atomic mass is 35.5. The van der Waals surface area contributed by atoms with Crippen molar-refractivity contribution in [2.75, 3.05) is 12.3 Å². The lowest BCUT2D eigenvalue weighted by molar-refractivity contribution is -0.213. The van der Waals surface area contributed by atoms with Gasteiger partial charge in [-0.25, -0.2) is 13.5 Å². The van der Waals surface area contributed by atoms with Gasteiger partial charge in [-0.3, -0.25) is 14.6 Å². The van der Waals surface area contributed by atoms with Crippen molar-refractivity contribution in [3.05, 3.63) is 29.0 Å². The van der Waals surface area contributed by atoms with E-state index in [-0.39, 0.29) is 18.1 Å². The third kappa shape index (κ3) is 6.88. The van der Waals surface area contributed by atoms with Crippen molar-refractivity contribution in [3.8, 4) is 0 Å². The second-order valence-corrected chi connectivity index (χ2v) is 8.10. The van der Waals surface area contributed by atoms with Crippen molar-refractivity contribution in [1.29, 1.82) is 0 Å². The zero-order valence-electron chi connectivity index (χ0n) is 12.2. The van der Waals surface area contributed by atoms with E-state index in [0.29, 0.717) is 17.0 Å². The van der Waals surface area contributed by atoms with Gasteiger partial charge in [-0.15, -0.1) is 0 Å². The van der Waals surface area contributed by atoms with E-state index >= 15 is 0 Å². The summed E-state index contributed by atoms with van der Waals surface area (Å²) in [6, 6.07) is 1.53. The fourth-order valence-electron chi connectivity index (χ4n) is 1.53. The molecule has 1 heterocycles. The highest BCUT2D eigenvalue weighted by Crippen LogP contribution is 2.17. The van der Waals surface area contributed by atoms with Crippen LogP contribution in [0.4, 0.5) is 0 Å². The van der Waals surface area contributed by atoms with E-state index in [2.05, 4.69) is 4.98 Å². The molecular formula is C13H19ClN2O4S. The monoisotopic (exact) mass is 334 g/mol. The first kappa shape index (κ1) is 17.9. The summed E-state index contributed by atoms with van der Waals surface area (Å²) in [6.07, 6.45) is 3.38. The fraction of sp³-hybridized carbons (Fsp3) is 0.538. The molecule has 0 aromatic carbocycles. The molecule has 1 rings (SSSR count). The summed E-state index contributed by atoms with van der Waals surface area (Å²) in [6.45, 7) is 5.27. The molecule has 1 amide bonds. The summed E-state index contributed by atoms with van der Waals surface area (Å²) < 4.78 is 24.1. The lowest BCUT2D eigenvalue weighted by Crippen LogP contribution is -2.36. The minimum atomic E-state index is -3.42. The predicted octanol–water partition coefficient (Wildman–Crippen LogP) is 1.84. The standard InChI is InChI=1S/C13H19ClN2O4S/c1-13(2,3)20-16(10-17)6-7-21(18,19)9-11-8-15-5-4-12(11)14/h4-5,8,10H,6-7,9H2,1-3H3. The number of hydroxylamine groups is 2. The van der Waals surface area contributed by atoms with E-state index < -0.39 is 15.4 Å². The lowest BCUT2D eigenvalue weighted by Gasteiger charge is -2.26. The van der Waals surface area contributed by atoms with Gasteiger partial charge in [0.1, 0.15) is 0 Å². The Labute approximate surface area is 129 Å². The van der Waals surface area contributed by atoms with E-state index in [0.717, 1.165) is 5.06 Å². The Morgan fingerprint density at radius 3 is 2.62 bits per heavy atom. The number of carbonyl (C=O) groups excluding carboxylic acids is 1. The molecule has 0 fully saturated rings. The Morgan fingerprint density at radius 1 is 1.43 bits per heavy atom. The second kappa shape index (κ2) is 7.20. The molecular weight excluding hydrogens is 316 g/mol. The zero-order chi connectivity index (χ0) is 16.1. The highest BCUT2D eigenvalue weighted by molar-refractivity contribution is 7.90. The van der Waals surface area contributed by atoms with E-state index in [1.165, 1.54) is 18.5 Å². The van der Waals surface area contributed by atoms with Gasteiger partial charge < -0.3 is 0 Å². The molecule has 0 aliphatic carbocycles. The van der Waals surface area contributed by atoms with Crippen LogP contribution in [0.3, 0.4) is 0 Å². The Kier molecular flexibility index (Phi) is 6.12. The number of rotatable bonds is 7. The van der Waals surface area contributed by atoms with E-state index in [1.54, 1.807) is 20.8 Å². The Bertz CT molecular complexity index is 584. The number of halogens is 1. The van der Waals surface area contributed by atoms with Gasteiger partial charge in [0.05, 0.1) is 23.7 Å². The molecule has 0 atom stereocenters. The smallest absolute Gasteiger partial charge is 0.233 e. The number of hydrogen-bond acceptors (Lipinski definition) is 5. The van der Waals surface area contributed by atoms with Crippen molar-refractivity contribution in [1.82, 2.24) is 10.0 Å². The number of carbonyl (C=O) groups is 1. The number of nitrogens with zero attached hydrogens (tertiary/aromatic N) is 2. The number of sulfone groups is 1. The van der Waals surface area contributed by atoms with Gasteiger partial charge in [0.15, 0.2) is 9.84 Å². The molecule has 0 saturated heterocycles. The summed E-state index contributed by atoms with van der Waals surface area (Å²) in [5, 5.41) is 1.34. The van der Waals surface area contributed by atoms with Crippen molar-refractivity contribution in [2.24, 2.45) is 0 Å². The molecule has 1 aromatic heterocycles. The molecule has 0 unspecified atom stereocenters. The Balaban J connectivity index is 2.64. The summed E-state index contributed by atoms with van der Waals surface area (Å²) in [5.41, 5.74) is -0.134. The summed E-state index contributed by atoms with van der Waals surface area (Å²) in [5.74, 6) is -0.436. The molecule has 0 aliphatic heterocycles. The third-order valence-corrected chi connectivity index (χ3v) is 4.27. The normalized spacial score (nSPS) is 12.2. The number of pyridine rings is 1. The second-order valence-electron chi connectivity index (χ2n) is 5.51. The predicted molar refractivity (Wildman–Crippen MR) is 80.3 cm³/mol.